The third-order valence-corrected chi connectivity index (χ3v) is 3.51. The Kier molecular flexibility index (Phi) is 2.97. The number of rotatable bonds is 2. The third kappa shape index (κ3) is 1.87. The molecule has 1 aromatic heterocycles. The Balaban J connectivity index is 2.10. The maximum absolute atomic E-state index is 5.56. The molecule has 96 valence electrons. The molecule has 0 amide bonds. The maximum atomic E-state index is 5.56. The quantitative estimate of drug-likeness (QED) is 0.853. The molecular formula is C14H18N2O2. The molecule has 2 N–H and O–H groups in total. The number of ether oxygens (including phenoxy) is 2. The van der Waals surface area contributed by atoms with Crippen molar-refractivity contribution in [2.45, 2.75) is 13.0 Å². The fraction of sp³-hybridized carbons (Fsp3) is 0.429. The van der Waals surface area contributed by atoms with Crippen LogP contribution < -0.4 is 10.1 Å². The lowest BCUT2D eigenvalue weighted by atomic mass is 10.0. The summed E-state index contributed by atoms with van der Waals surface area (Å²) in [5, 5.41) is 4.72. The van der Waals surface area contributed by atoms with E-state index in [0.29, 0.717) is 0 Å². The van der Waals surface area contributed by atoms with Crippen molar-refractivity contribution in [3.63, 3.8) is 0 Å². The van der Waals surface area contributed by atoms with Gasteiger partial charge in [0, 0.05) is 23.1 Å². The van der Waals surface area contributed by atoms with Gasteiger partial charge >= 0.3 is 0 Å². The number of nitrogens with one attached hydrogen (secondary N) is 2. The van der Waals surface area contributed by atoms with Crippen molar-refractivity contribution in [2.75, 3.05) is 26.9 Å². The van der Waals surface area contributed by atoms with Crippen molar-refractivity contribution in [1.29, 1.82) is 0 Å². The largest absolute Gasteiger partial charge is 0.497 e. The Morgan fingerprint density at radius 2 is 2.28 bits per heavy atom. The molecule has 0 aliphatic carbocycles. The van der Waals surface area contributed by atoms with Crippen LogP contribution in [0.3, 0.4) is 0 Å². The summed E-state index contributed by atoms with van der Waals surface area (Å²) >= 11 is 0. The fourth-order valence-corrected chi connectivity index (χ4v) is 2.65. The van der Waals surface area contributed by atoms with Crippen molar-refractivity contribution >= 4 is 10.9 Å². The lowest BCUT2D eigenvalue weighted by Gasteiger charge is -2.24. The number of aromatic amines is 1. The number of aromatic nitrogens is 1. The molecule has 4 nitrogen and oxygen atoms in total. The van der Waals surface area contributed by atoms with Gasteiger partial charge in [-0.05, 0) is 30.7 Å². The highest BCUT2D eigenvalue weighted by atomic mass is 16.5. The van der Waals surface area contributed by atoms with E-state index in [1.165, 1.54) is 16.6 Å². The SMILES string of the molecule is COc1ccc2[nH]c(C)c(C3COCCN3)c2c1. The first kappa shape index (κ1) is 11.6. The van der Waals surface area contributed by atoms with E-state index in [1.54, 1.807) is 7.11 Å². The van der Waals surface area contributed by atoms with E-state index >= 15 is 0 Å². The highest BCUT2D eigenvalue weighted by Gasteiger charge is 2.21. The minimum absolute atomic E-state index is 0.264. The van der Waals surface area contributed by atoms with Crippen LogP contribution in [0, 0.1) is 6.92 Å². The van der Waals surface area contributed by atoms with Gasteiger partial charge in [0.1, 0.15) is 5.75 Å². The highest BCUT2D eigenvalue weighted by Crippen LogP contribution is 2.31. The zero-order valence-corrected chi connectivity index (χ0v) is 10.7. The summed E-state index contributed by atoms with van der Waals surface area (Å²) in [7, 11) is 1.70. The summed E-state index contributed by atoms with van der Waals surface area (Å²) in [6, 6.07) is 6.39. The lowest BCUT2D eigenvalue weighted by molar-refractivity contribution is 0.0771. The summed E-state index contributed by atoms with van der Waals surface area (Å²) in [6.07, 6.45) is 0. The number of hydrogen-bond acceptors (Lipinski definition) is 3. The van der Waals surface area contributed by atoms with Gasteiger partial charge in [-0.2, -0.15) is 0 Å². The van der Waals surface area contributed by atoms with E-state index in [0.717, 1.165) is 31.0 Å². The molecular weight excluding hydrogens is 228 g/mol. The Hall–Kier alpha value is -1.52. The molecule has 3 rings (SSSR count). The molecule has 1 fully saturated rings. The normalized spacial score (nSPS) is 20.2. The van der Waals surface area contributed by atoms with Gasteiger partial charge in [-0.3, -0.25) is 0 Å². The molecule has 0 spiro atoms. The van der Waals surface area contributed by atoms with E-state index in [9.17, 15) is 0 Å². The number of morpholine rings is 1. The second-order valence-corrected chi connectivity index (χ2v) is 4.66. The van der Waals surface area contributed by atoms with Crippen molar-refractivity contribution in [1.82, 2.24) is 10.3 Å². The molecule has 1 aliphatic rings. The monoisotopic (exact) mass is 246 g/mol. The maximum Gasteiger partial charge on any atom is 0.119 e. The predicted octanol–water partition coefficient (Wildman–Crippen LogP) is 2.15. The first-order chi connectivity index (χ1) is 8.79. The number of H-pyrrole nitrogens is 1. The van der Waals surface area contributed by atoms with Crippen LogP contribution in [0.5, 0.6) is 5.75 Å². The molecule has 0 saturated carbocycles. The first-order valence-electron chi connectivity index (χ1n) is 6.27. The van der Waals surface area contributed by atoms with Gasteiger partial charge in [0.05, 0.1) is 26.4 Å². The molecule has 4 heteroatoms. The number of methoxy groups -OCH3 is 1. The van der Waals surface area contributed by atoms with E-state index in [-0.39, 0.29) is 6.04 Å². The minimum Gasteiger partial charge on any atom is -0.497 e. The van der Waals surface area contributed by atoms with Gasteiger partial charge in [-0.1, -0.05) is 0 Å². The van der Waals surface area contributed by atoms with Gasteiger partial charge in [0.15, 0.2) is 0 Å². The van der Waals surface area contributed by atoms with Crippen LogP contribution in [0.4, 0.5) is 0 Å². The van der Waals surface area contributed by atoms with Crippen molar-refractivity contribution in [3.8, 4) is 5.75 Å². The van der Waals surface area contributed by atoms with Gasteiger partial charge in [-0.15, -0.1) is 0 Å². The molecule has 1 saturated heterocycles. The smallest absolute Gasteiger partial charge is 0.119 e. The first-order valence-corrected chi connectivity index (χ1v) is 6.27. The summed E-state index contributed by atoms with van der Waals surface area (Å²) in [5.74, 6) is 0.888. The molecule has 2 aromatic rings. The third-order valence-electron chi connectivity index (χ3n) is 3.51. The summed E-state index contributed by atoms with van der Waals surface area (Å²) < 4.78 is 10.9. The second-order valence-electron chi connectivity index (χ2n) is 4.66. The molecule has 1 atom stereocenters. The van der Waals surface area contributed by atoms with Crippen LogP contribution in [-0.2, 0) is 4.74 Å². The van der Waals surface area contributed by atoms with Crippen LogP contribution in [0.1, 0.15) is 17.3 Å². The molecule has 1 unspecified atom stereocenters. The van der Waals surface area contributed by atoms with E-state index in [1.807, 2.05) is 6.07 Å². The molecule has 18 heavy (non-hydrogen) atoms. The van der Waals surface area contributed by atoms with E-state index in [2.05, 4.69) is 29.4 Å². The van der Waals surface area contributed by atoms with E-state index < -0.39 is 0 Å². The highest BCUT2D eigenvalue weighted by molar-refractivity contribution is 5.86. The average Bonchev–Trinajstić information content (AvgIpc) is 2.74. The lowest BCUT2D eigenvalue weighted by Crippen LogP contribution is -2.34. The molecule has 2 heterocycles. The predicted molar refractivity (Wildman–Crippen MR) is 71.2 cm³/mol. The zero-order valence-electron chi connectivity index (χ0n) is 10.7. The standard InChI is InChI=1S/C14H18N2O2/c1-9-14(13-8-18-6-5-15-13)11-7-10(17-2)3-4-12(11)16-9/h3-4,7,13,15-16H,5-6,8H2,1-2H3. The van der Waals surface area contributed by atoms with Crippen LogP contribution in [-0.4, -0.2) is 31.9 Å². The number of hydrogen-bond donors (Lipinski definition) is 2. The molecule has 1 aromatic carbocycles. The summed E-state index contributed by atoms with van der Waals surface area (Å²) in [5.41, 5.74) is 3.64. The van der Waals surface area contributed by atoms with Gasteiger partial charge < -0.3 is 19.8 Å². The van der Waals surface area contributed by atoms with Crippen molar-refractivity contribution in [3.05, 3.63) is 29.5 Å². The van der Waals surface area contributed by atoms with Crippen LogP contribution in [0.15, 0.2) is 18.2 Å². The topological polar surface area (TPSA) is 46.3 Å². The van der Waals surface area contributed by atoms with Crippen molar-refractivity contribution in [2.24, 2.45) is 0 Å². The number of benzene rings is 1. The zero-order chi connectivity index (χ0) is 12.5. The second kappa shape index (κ2) is 4.63. The molecule has 0 bridgehead atoms. The van der Waals surface area contributed by atoms with Crippen molar-refractivity contribution < 1.29 is 9.47 Å². The summed E-state index contributed by atoms with van der Waals surface area (Å²) in [4.78, 5) is 3.42. The summed E-state index contributed by atoms with van der Waals surface area (Å²) in [6.45, 7) is 4.53. The number of fused-ring (bicyclic) bond motifs is 1. The van der Waals surface area contributed by atoms with Gasteiger partial charge in [0.2, 0.25) is 0 Å². The van der Waals surface area contributed by atoms with Gasteiger partial charge in [-0.25, -0.2) is 0 Å². The van der Waals surface area contributed by atoms with Crippen LogP contribution in [0.2, 0.25) is 0 Å². The average molecular weight is 246 g/mol. The Morgan fingerprint density at radius 3 is 3.00 bits per heavy atom. The van der Waals surface area contributed by atoms with E-state index in [4.69, 9.17) is 9.47 Å². The molecule has 0 radical (unpaired) electrons. The van der Waals surface area contributed by atoms with Crippen LogP contribution >= 0.6 is 0 Å². The van der Waals surface area contributed by atoms with Crippen LogP contribution in [0.25, 0.3) is 10.9 Å². The Morgan fingerprint density at radius 1 is 1.39 bits per heavy atom. The Labute approximate surface area is 106 Å². The fourth-order valence-electron chi connectivity index (χ4n) is 2.65. The minimum atomic E-state index is 0.264. The number of aryl methyl sites for hydroxylation is 1. The Bertz CT molecular complexity index is 556. The van der Waals surface area contributed by atoms with Gasteiger partial charge in [0.25, 0.3) is 0 Å². The molecule has 1 aliphatic heterocycles.